The van der Waals surface area contributed by atoms with Crippen molar-refractivity contribution in [3.63, 3.8) is 0 Å². The molecule has 0 aliphatic rings. The van der Waals surface area contributed by atoms with Crippen LogP contribution in [-0.4, -0.2) is 31.8 Å². The van der Waals surface area contributed by atoms with Gasteiger partial charge in [-0.3, -0.25) is 0 Å². The summed E-state index contributed by atoms with van der Waals surface area (Å²) in [4.78, 5) is 0. The first-order valence-electron chi connectivity index (χ1n) is 6.50. The van der Waals surface area contributed by atoms with E-state index in [1.54, 1.807) is 0 Å². The first kappa shape index (κ1) is 14.5. The molecule has 0 aliphatic carbocycles. The molecule has 2 rings (SSSR count). The number of benzene rings is 2. The second kappa shape index (κ2) is 5.60. The van der Waals surface area contributed by atoms with Crippen molar-refractivity contribution in [3.05, 3.63) is 60.7 Å². The zero-order valence-electron chi connectivity index (χ0n) is 12.2. The fraction of sp³-hybridized carbons (Fsp3) is 0.235. The van der Waals surface area contributed by atoms with E-state index in [1.165, 1.54) is 10.6 Å². The van der Waals surface area contributed by atoms with Crippen molar-refractivity contribution in [1.29, 1.82) is 0 Å². The van der Waals surface area contributed by atoms with Gasteiger partial charge in [0.15, 0.2) is 0 Å². The van der Waals surface area contributed by atoms with E-state index in [2.05, 4.69) is 92.5 Å². The molecule has 2 aromatic rings. The molecule has 0 unspecified atom stereocenters. The summed E-state index contributed by atoms with van der Waals surface area (Å²) in [5.74, 6) is 0. The molecule has 0 heterocycles. The minimum absolute atomic E-state index is 1.28. The minimum Gasteiger partial charge on any atom is -0.125 e. The monoisotopic (exact) mass is 288 g/mol. The summed E-state index contributed by atoms with van der Waals surface area (Å²) in [6.07, 6.45) is 0. The Labute approximate surface area is 117 Å². The first-order chi connectivity index (χ1) is 8.92. The van der Waals surface area contributed by atoms with Crippen LogP contribution in [-0.2, 0) is 0 Å². The smallest absolute Gasteiger partial charge is 0.0176 e. The van der Waals surface area contributed by atoms with E-state index >= 15 is 0 Å². The van der Waals surface area contributed by atoms with Gasteiger partial charge < -0.3 is 0 Å². The van der Waals surface area contributed by atoms with Gasteiger partial charge in [-0.2, -0.15) is 0 Å². The number of hydrogen-bond acceptors (Lipinski definition) is 0. The van der Waals surface area contributed by atoms with Gasteiger partial charge in [0, 0.05) is 0 Å². The summed E-state index contributed by atoms with van der Waals surface area (Å²) < 4.78 is 0. The first-order valence-corrected chi connectivity index (χ1v) is 11.9. The lowest BCUT2D eigenvalue weighted by atomic mass is 10.4. The van der Waals surface area contributed by atoms with Gasteiger partial charge in [0.05, 0.1) is 0 Å². The molecule has 0 radical (unpaired) electrons. The van der Waals surface area contributed by atoms with E-state index in [4.69, 9.17) is 0 Å². The summed E-state index contributed by atoms with van der Waals surface area (Å²) >= 11 is 0. The van der Waals surface area contributed by atoms with E-state index in [0.717, 1.165) is 0 Å². The highest BCUT2D eigenvalue weighted by Gasteiger charge is 2.11. The summed E-state index contributed by atoms with van der Waals surface area (Å²) in [6, 6.07) is 21.7. The van der Waals surface area contributed by atoms with E-state index < -0.39 is 13.8 Å². The third kappa shape index (κ3) is 3.55. The molecule has 0 saturated carbocycles. The fourth-order valence-corrected chi connectivity index (χ4v) is 10.1. The minimum atomic E-state index is -1.28. The summed E-state index contributed by atoms with van der Waals surface area (Å²) in [7, 11) is 0. The van der Waals surface area contributed by atoms with Crippen LogP contribution < -0.4 is 10.6 Å². The largest absolute Gasteiger partial charge is 0.125 e. The van der Waals surface area contributed by atoms with Gasteiger partial charge in [0.1, 0.15) is 0 Å². The Balaban J connectivity index is 2.69. The molecule has 19 heavy (non-hydrogen) atoms. The maximum absolute atomic E-state index is 3.99. The Morgan fingerprint density at radius 1 is 0.579 bits per heavy atom. The number of hydrogen-bond donors (Lipinski definition) is 0. The Kier molecular flexibility index (Phi) is 4.27. The highest BCUT2D eigenvalue weighted by Crippen LogP contribution is 2.44. The van der Waals surface area contributed by atoms with Crippen LogP contribution in [0.5, 0.6) is 0 Å². The quantitative estimate of drug-likeness (QED) is 0.737. The predicted octanol–water partition coefficient (Wildman–Crippen LogP) is 3.83. The summed E-state index contributed by atoms with van der Waals surface area (Å²) in [5.41, 5.74) is 0. The van der Waals surface area contributed by atoms with E-state index in [9.17, 15) is 0 Å². The molecule has 0 aliphatic heterocycles. The van der Waals surface area contributed by atoms with Crippen molar-refractivity contribution in [2.45, 2.75) is 0 Å². The summed E-state index contributed by atoms with van der Waals surface area (Å²) in [6.45, 7) is 6.91. The third-order valence-corrected chi connectivity index (χ3v) is 10.5. The maximum Gasteiger partial charge on any atom is -0.0176 e. The molecule has 0 spiro atoms. The standard InChI is InChI=1S/C17H22P2/c1-18(2,16-11-7-5-8-12-16)15-19(3,4)17-13-9-6-10-14-17/h5-14H,1-4H3. The van der Waals surface area contributed by atoms with Crippen molar-refractivity contribution in [3.8, 4) is 0 Å². The van der Waals surface area contributed by atoms with Gasteiger partial charge in [0.2, 0.25) is 0 Å². The molecule has 0 N–H and O–H groups in total. The van der Waals surface area contributed by atoms with Crippen LogP contribution in [0.3, 0.4) is 0 Å². The zero-order chi connectivity index (χ0) is 13.9. The second-order valence-electron chi connectivity index (χ2n) is 5.68. The average molecular weight is 288 g/mol. The highest BCUT2D eigenvalue weighted by atomic mass is 31.2. The Hall–Kier alpha value is -0.920. The number of rotatable bonds is 2. The van der Waals surface area contributed by atoms with Crippen molar-refractivity contribution >= 4 is 29.6 Å². The molecule has 0 saturated heterocycles. The average Bonchev–Trinajstić information content (AvgIpc) is 2.40. The van der Waals surface area contributed by atoms with Crippen molar-refractivity contribution < 1.29 is 0 Å². The third-order valence-electron chi connectivity index (χ3n) is 3.30. The predicted molar refractivity (Wildman–Crippen MR) is 94.7 cm³/mol. The molecule has 2 heteroatoms. The molecule has 0 aromatic heterocycles. The van der Waals surface area contributed by atoms with Crippen LogP contribution in [0.4, 0.5) is 0 Å². The van der Waals surface area contributed by atoms with Crippen molar-refractivity contribution in [2.24, 2.45) is 0 Å². The lowest BCUT2D eigenvalue weighted by Gasteiger charge is -2.18. The normalized spacial score (nSPS) is 12.0. The van der Waals surface area contributed by atoms with Crippen LogP contribution in [0.2, 0.25) is 0 Å². The summed E-state index contributed by atoms with van der Waals surface area (Å²) in [5, 5.41) is 6.87. The molecule has 0 nitrogen and oxygen atoms in total. The van der Waals surface area contributed by atoms with Gasteiger partial charge in [-0.05, 0) is 51.0 Å². The van der Waals surface area contributed by atoms with Gasteiger partial charge >= 0.3 is 0 Å². The van der Waals surface area contributed by atoms with Gasteiger partial charge in [-0.25, -0.2) is 0 Å². The molecule has 0 bridgehead atoms. The second-order valence-corrected chi connectivity index (χ2v) is 13.3. The van der Waals surface area contributed by atoms with Crippen LogP contribution in [0.15, 0.2) is 60.7 Å². The van der Waals surface area contributed by atoms with Crippen LogP contribution in [0.25, 0.3) is 0 Å². The van der Waals surface area contributed by atoms with E-state index in [0.29, 0.717) is 0 Å². The van der Waals surface area contributed by atoms with Crippen LogP contribution >= 0.6 is 13.8 Å². The Morgan fingerprint density at radius 2 is 0.895 bits per heavy atom. The molecule has 2 aromatic carbocycles. The van der Waals surface area contributed by atoms with Crippen molar-refractivity contribution in [1.82, 2.24) is 0 Å². The Morgan fingerprint density at radius 3 is 1.21 bits per heavy atom. The van der Waals surface area contributed by atoms with E-state index in [1.807, 2.05) is 0 Å². The molecule has 0 fully saturated rings. The van der Waals surface area contributed by atoms with Crippen LogP contribution in [0.1, 0.15) is 0 Å². The highest BCUT2D eigenvalue weighted by molar-refractivity contribution is 7.93. The SMILES string of the molecule is CP(C)(=C=P(C)(C)c1ccccc1)c1ccccc1. The van der Waals surface area contributed by atoms with Crippen molar-refractivity contribution in [2.75, 3.05) is 26.7 Å². The molecular formula is C17H22P2. The molecular weight excluding hydrogens is 266 g/mol. The molecule has 100 valence electrons. The zero-order valence-corrected chi connectivity index (χ0v) is 14.0. The van der Waals surface area contributed by atoms with Gasteiger partial charge in [0.25, 0.3) is 0 Å². The Bertz CT molecular complexity index is 593. The lowest BCUT2D eigenvalue weighted by Crippen LogP contribution is -2.06. The fourth-order valence-electron chi connectivity index (χ4n) is 2.34. The molecule has 0 atom stereocenters. The molecule has 0 amide bonds. The van der Waals surface area contributed by atoms with Crippen LogP contribution in [0, 0.1) is 0 Å². The van der Waals surface area contributed by atoms with Gasteiger partial charge in [-0.15, -0.1) is 5.17 Å². The lowest BCUT2D eigenvalue weighted by molar-refractivity contribution is 1.76. The van der Waals surface area contributed by atoms with Gasteiger partial charge in [-0.1, -0.05) is 60.7 Å². The topological polar surface area (TPSA) is 0 Å². The van der Waals surface area contributed by atoms with E-state index in [-0.39, 0.29) is 0 Å². The maximum atomic E-state index is 3.99.